The van der Waals surface area contributed by atoms with Gasteiger partial charge in [-0.1, -0.05) is 44.5 Å². The second kappa shape index (κ2) is 10.2. The first-order valence-corrected chi connectivity index (χ1v) is 11.3. The van der Waals surface area contributed by atoms with Crippen LogP contribution in [0.4, 0.5) is 0 Å². The van der Waals surface area contributed by atoms with E-state index in [9.17, 15) is 4.79 Å². The summed E-state index contributed by atoms with van der Waals surface area (Å²) < 4.78 is 29.9. The number of fused-ring (bicyclic) bond motifs is 1. The summed E-state index contributed by atoms with van der Waals surface area (Å²) in [7, 11) is 0. The van der Waals surface area contributed by atoms with Crippen molar-refractivity contribution in [3.63, 3.8) is 0 Å². The lowest BCUT2D eigenvalue weighted by Gasteiger charge is -2.29. The molecule has 1 aromatic carbocycles. The fourth-order valence-corrected chi connectivity index (χ4v) is 4.07. The minimum atomic E-state index is -0.577. The molecule has 30 heavy (non-hydrogen) atoms. The Morgan fingerprint density at radius 1 is 1.20 bits per heavy atom. The summed E-state index contributed by atoms with van der Waals surface area (Å²) in [5.74, 6) is -0.548. The highest BCUT2D eigenvalue weighted by Gasteiger charge is 2.56. The first-order valence-electron chi connectivity index (χ1n) is 10.3. The van der Waals surface area contributed by atoms with Gasteiger partial charge in [0.15, 0.2) is 12.6 Å². The van der Waals surface area contributed by atoms with Gasteiger partial charge >= 0.3 is 5.97 Å². The molecule has 0 amide bonds. The van der Waals surface area contributed by atoms with Crippen LogP contribution in [0.2, 0.25) is 5.02 Å². The zero-order valence-electron chi connectivity index (χ0n) is 18.0. The van der Waals surface area contributed by atoms with Crippen LogP contribution in [0.3, 0.4) is 0 Å². The number of benzene rings is 1. The van der Waals surface area contributed by atoms with Gasteiger partial charge in [0.1, 0.15) is 30.3 Å². The number of hydrogen-bond acceptors (Lipinski definition) is 6. The summed E-state index contributed by atoms with van der Waals surface area (Å²) in [4.78, 5) is 11.8. The normalized spacial score (nSPS) is 29.3. The molecule has 6 atom stereocenters. The van der Waals surface area contributed by atoms with Crippen molar-refractivity contribution in [2.45, 2.75) is 84.6 Å². The molecule has 1 aromatic rings. The van der Waals surface area contributed by atoms with Crippen LogP contribution >= 0.6 is 23.2 Å². The highest BCUT2D eigenvalue weighted by molar-refractivity contribution is 6.32. The first kappa shape index (κ1) is 23.8. The minimum Gasteiger partial charge on any atom is -0.459 e. The molecule has 0 N–H and O–H groups in total. The van der Waals surface area contributed by atoms with E-state index in [2.05, 4.69) is 0 Å². The Labute approximate surface area is 188 Å². The van der Waals surface area contributed by atoms with Crippen molar-refractivity contribution >= 4 is 29.2 Å². The Morgan fingerprint density at radius 3 is 2.57 bits per heavy atom. The number of ether oxygens (including phenoxy) is 5. The molecule has 168 valence electrons. The van der Waals surface area contributed by atoms with E-state index in [0.29, 0.717) is 11.4 Å². The zero-order valence-corrected chi connectivity index (χ0v) is 19.5. The fraction of sp³-hybridized carbons (Fsp3) is 0.682. The molecule has 0 saturated carbocycles. The second-order valence-electron chi connectivity index (χ2n) is 8.14. The van der Waals surface area contributed by atoms with Crippen molar-refractivity contribution in [3.05, 3.63) is 33.8 Å². The van der Waals surface area contributed by atoms with E-state index in [0.717, 1.165) is 16.7 Å². The topological polar surface area (TPSA) is 63.2 Å². The van der Waals surface area contributed by atoms with Crippen molar-refractivity contribution in [2.75, 3.05) is 5.88 Å². The molecule has 0 aliphatic carbocycles. The SMILES string of the molecule is CC[C@H](OC(=O)CCl)[C@H]1O[C@@H]2OC(C(C)C)O[C@@H]2[C@@H]1OCc1ccc(C)c(C)c1Cl. The van der Waals surface area contributed by atoms with Crippen LogP contribution in [0.15, 0.2) is 12.1 Å². The molecule has 2 fully saturated rings. The fourth-order valence-electron chi connectivity index (χ4n) is 3.74. The van der Waals surface area contributed by atoms with Gasteiger partial charge in [-0.25, -0.2) is 0 Å². The molecule has 0 bridgehead atoms. The maximum Gasteiger partial charge on any atom is 0.321 e. The molecule has 6 nitrogen and oxygen atoms in total. The van der Waals surface area contributed by atoms with Crippen molar-refractivity contribution < 1.29 is 28.5 Å². The first-order chi connectivity index (χ1) is 14.3. The van der Waals surface area contributed by atoms with Gasteiger partial charge in [-0.3, -0.25) is 4.79 Å². The van der Waals surface area contributed by atoms with Gasteiger partial charge in [0.25, 0.3) is 0 Å². The number of aryl methyl sites for hydroxylation is 1. The average Bonchev–Trinajstić information content (AvgIpc) is 3.28. The van der Waals surface area contributed by atoms with Gasteiger partial charge in [0.2, 0.25) is 0 Å². The van der Waals surface area contributed by atoms with Crippen molar-refractivity contribution in [1.29, 1.82) is 0 Å². The van der Waals surface area contributed by atoms with E-state index >= 15 is 0 Å². The number of alkyl halides is 1. The second-order valence-corrected chi connectivity index (χ2v) is 8.79. The van der Waals surface area contributed by atoms with Crippen molar-refractivity contribution in [1.82, 2.24) is 0 Å². The van der Waals surface area contributed by atoms with Crippen LogP contribution in [-0.2, 0) is 35.1 Å². The van der Waals surface area contributed by atoms with E-state index in [1.165, 1.54) is 0 Å². The maximum atomic E-state index is 11.8. The molecular weight excluding hydrogens is 431 g/mol. The summed E-state index contributed by atoms with van der Waals surface area (Å²) in [6.45, 7) is 10.2. The van der Waals surface area contributed by atoms with Gasteiger partial charge < -0.3 is 23.7 Å². The Bertz CT molecular complexity index is 755. The predicted octanol–water partition coefficient (Wildman–Crippen LogP) is 4.53. The molecule has 1 unspecified atom stereocenters. The van der Waals surface area contributed by atoms with Gasteiger partial charge in [-0.2, -0.15) is 0 Å². The third-order valence-corrected chi connectivity index (χ3v) is 6.38. The van der Waals surface area contributed by atoms with Gasteiger partial charge in [0.05, 0.1) is 6.61 Å². The van der Waals surface area contributed by atoms with E-state index in [1.54, 1.807) is 0 Å². The standard InChI is InChI=1S/C22H30Cl2O6/c1-6-15(27-16(25)9-23)18-19(20-22(28-18)30-21(29-20)11(2)3)26-10-14-8-7-12(4)13(5)17(14)24/h7-8,11,15,18-22H,6,9-10H2,1-5H3/t15-,18+,19+,20+,21?,22+/m0/s1. The van der Waals surface area contributed by atoms with Gasteiger partial charge in [-0.15, -0.1) is 11.6 Å². The number of carbonyl (C=O) groups excluding carboxylic acids is 1. The largest absolute Gasteiger partial charge is 0.459 e. The molecule has 3 rings (SSSR count). The molecule has 2 heterocycles. The molecule has 2 aliphatic heterocycles. The summed E-state index contributed by atoms with van der Waals surface area (Å²) in [6.07, 6.45) is -2.36. The van der Waals surface area contributed by atoms with Crippen LogP contribution in [-0.4, -0.2) is 48.8 Å². The highest BCUT2D eigenvalue weighted by atomic mass is 35.5. The molecule has 0 radical (unpaired) electrons. The molecule has 0 spiro atoms. The van der Waals surface area contributed by atoms with Crippen LogP contribution in [0.1, 0.15) is 43.9 Å². The van der Waals surface area contributed by atoms with Gasteiger partial charge in [-0.05, 0) is 37.0 Å². The Morgan fingerprint density at radius 2 is 1.93 bits per heavy atom. The average molecular weight is 461 g/mol. The molecule has 2 saturated heterocycles. The van der Waals surface area contributed by atoms with E-state index < -0.39 is 36.7 Å². The summed E-state index contributed by atoms with van der Waals surface area (Å²) in [5, 5.41) is 0.686. The molecule has 0 aromatic heterocycles. The molecule has 8 heteroatoms. The third-order valence-electron chi connectivity index (χ3n) is 5.64. The quantitative estimate of drug-likeness (QED) is 0.419. The lowest BCUT2D eigenvalue weighted by Crippen LogP contribution is -2.43. The van der Waals surface area contributed by atoms with Gasteiger partial charge in [0, 0.05) is 10.9 Å². The lowest BCUT2D eigenvalue weighted by atomic mass is 10.0. The number of hydrogen-bond donors (Lipinski definition) is 0. The van der Waals surface area contributed by atoms with Crippen molar-refractivity contribution in [3.8, 4) is 0 Å². The minimum absolute atomic E-state index is 0.170. The van der Waals surface area contributed by atoms with Crippen LogP contribution in [0.5, 0.6) is 0 Å². The lowest BCUT2D eigenvalue weighted by molar-refractivity contribution is -0.209. The molecular formula is C22H30Cl2O6. The van der Waals surface area contributed by atoms with Crippen LogP contribution in [0, 0.1) is 19.8 Å². The number of halogens is 2. The van der Waals surface area contributed by atoms with Crippen LogP contribution in [0.25, 0.3) is 0 Å². The monoisotopic (exact) mass is 460 g/mol. The van der Waals surface area contributed by atoms with Crippen molar-refractivity contribution in [2.24, 2.45) is 5.92 Å². The molecule has 2 aliphatic rings. The Hall–Kier alpha value is -0.890. The van der Waals surface area contributed by atoms with E-state index in [1.807, 2.05) is 46.8 Å². The number of esters is 1. The highest BCUT2D eigenvalue weighted by Crippen LogP contribution is 2.39. The Kier molecular flexibility index (Phi) is 8.04. The predicted molar refractivity (Wildman–Crippen MR) is 114 cm³/mol. The summed E-state index contributed by atoms with van der Waals surface area (Å²) >= 11 is 12.1. The summed E-state index contributed by atoms with van der Waals surface area (Å²) in [5.41, 5.74) is 3.03. The number of carbonyl (C=O) groups is 1. The Balaban J connectivity index is 1.79. The third kappa shape index (κ3) is 4.95. The maximum absolute atomic E-state index is 11.8. The van der Waals surface area contributed by atoms with E-state index in [-0.39, 0.29) is 24.7 Å². The van der Waals surface area contributed by atoms with Crippen LogP contribution < -0.4 is 0 Å². The van der Waals surface area contributed by atoms with E-state index in [4.69, 9.17) is 46.9 Å². The smallest absolute Gasteiger partial charge is 0.321 e. The zero-order chi connectivity index (χ0) is 22.0. The summed E-state index contributed by atoms with van der Waals surface area (Å²) in [6, 6.07) is 3.98. The number of rotatable bonds is 8.